The Labute approximate surface area is 78.8 Å². The van der Waals surface area contributed by atoms with E-state index in [1.54, 1.807) is 0 Å². The molecule has 0 aromatic rings. The summed E-state index contributed by atoms with van der Waals surface area (Å²) in [5.74, 6) is 0. The fourth-order valence-corrected chi connectivity index (χ4v) is 1.10. The zero-order valence-electron chi connectivity index (χ0n) is 8.29. The van der Waals surface area contributed by atoms with Crippen molar-refractivity contribution in [1.29, 1.82) is 0 Å². The number of rotatable bonds is 3. The van der Waals surface area contributed by atoms with Gasteiger partial charge in [-0.15, -0.1) is 0 Å². The average Bonchev–Trinajstić information content (AvgIpc) is 2.31. The van der Waals surface area contributed by atoms with Crippen LogP contribution in [0.4, 0.5) is 4.70 Å². The number of unbranched alkanes of at least 4 members (excludes halogenated alkanes) is 1. The highest BCUT2D eigenvalue weighted by molar-refractivity contribution is 4.88. The maximum atomic E-state index is 2.34. The summed E-state index contributed by atoms with van der Waals surface area (Å²) >= 11 is 0. The fourth-order valence-electron chi connectivity index (χ4n) is 1.10. The molecule has 0 aromatic heterocycles. The number of hydrogen-bond donors (Lipinski definition) is 0. The molecule has 0 spiro atoms. The van der Waals surface area contributed by atoms with Crippen molar-refractivity contribution in [2.24, 2.45) is 0 Å². The van der Waals surface area contributed by atoms with Crippen molar-refractivity contribution in [3.63, 3.8) is 0 Å². The predicted octanol–water partition coefficient (Wildman–Crippen LogP) is -0.0343. The van der Waals surface area contributed by atoms with Gasteiger partial charge in [-0.3, -0.25) is 4.70 Å². The third kappa shape index (κ3) is 6.36. The number of halogens is 1. The Morgan fingerprint density at radius 1 is 1.23 bits per heavy atom. The average molecular weight is 196 g/mol. The minimum absolute atomic E-state index is 0. The van der Waals surface area contributed by atoms with Gasteiger partial charge in [0.2, 0.25) is 0 Å². The Morgan fingerprint density at radius 2 is 1.85 bits per heavy atom. The third-order valence-electron chi connectivity index (χ3n) is 1.74. The molecule has 4 nitrogen and oxygen atoms in total. The van der Waals surface area contributed by atoms with Crippen molar-refractivity contribution in [2.45, 2.75) is 19.8 Å². The number of hydrogen-bond acceptors (Lipinski definition) is 2. The SMILES string of the molecule is CCCCN1C=CN(C)C1.F.O.O. The van der Waals surface area contributed by atoms with Crippen LogP contribution >= 0.6 is 0 Å². The van der Waals surface area contributed by atoms with Crippen molar-refractivity contribution in [3.8, 4) is 0 Å². The van der Waals surface area contributed by atoms with Crippen molar-refractivity contribution in [1.82, 2.24) is 9.80 Å². The lowest BCUT2D eigenvalue weighted by atomic mass is 10.3. The first-order chi connectivity index (χ1) is 4.83. The third-order valence-corrected chi connectivity index (χ3v) is 1.74. The zero-order valence-corrected chi connectivity index (χ0v) is 8.29. The van der Waals surface area contributed by atoms with E-state index in [2.05, 4.69) is 36.2 Å². The van der Waals surface area contributed by atoms with Gasteiger partial charge in [-0.05, 0) is 6.42 Å². The van der Waals surface area contributed by atoms with Gasteiger partial charge in [0.25, 0.3) is 0 Å². The minimum Gasteiger partial charge on any atom is -0.412 e. The standard InChI is InChI=1S/C8H16N2.FH.2H2O/c1-3-4-5-10-7-6-9(2)8-10;;;/h6-7H,3-5,8H2,1-2H3;1H;2*1H2. The quantitative estimate of drug-likeness (QED) is 0.635. The lowest BCUT2D eigenvalue weighted by molar-refractivity contribution is 0.293. The van der Waals surface area contributed by atoms with Gasteiger partial charge in [0, 0.05) is 26.0 Å². The first-order valence-electron chi connectivity index (χ1n) is 3.95. The van der Waals surface area contributed by atoms with E-state index in [0.29, 0.717) is 0 Å². The highest BCUT2D eigenvalue weighted by Crippen LogP contribution is 2.04. The van der Waals surface area contributed by atoms with E-state index in [4.69, 9.17) is 0 Å². The Morgan fingerprint density at radius 3 is 2.23 bits per heavy atom. The van der Waals surface area contributed by atoms with Crippen LogP contribution in [0.2, 0.25) is 0 Å². The molecule has 0 bridgehead atoms. The molecule has 0 unspecified atom stereocenters. The van der Waals surface area contributed by atoms with Gasteiger partial charge in [-0.2, -0.15) is 0 Å². The summed E-state index contributed by atoms with van der Waals surface area (Å²) in [6, 6.07) is 0. The summed E-state index contributed by atoms with van der Waals surface area (Å²) in [5, 5.41) is 0. The summed E-state index contributed by atoms with van der Waals surface area (Å²) in [4.78, 5) is 4.53. The lowest BCUT2D eigenvalue weighted by Crippen LogP contribution is -2.23. The van der Waals surface area contributed by atoms with Crippen LogP contribution in [-0.4, -0.2) is 41.0 Å². The van der Waals surface area contributed by atoms with Crippen LogP contribution in [0.15, 0.2) is 12.4 Å². The summed E-state index contributed by atoms with van der Waals surface area (Å²) < 4.78 is 0. The second-order valence-electron chi connectivity index (χ2n) is 2.86. The summed E-state index contributed by atoms with van der Waals surface area (Å²) in [6.07, 6.45) is 6.87. The summed E-state index contributed by atoms with van der Waals surface area (Å²) in [6.45, 7) is 4.50. The normalized spacial score (nSPS) is 13.1. The van der Waals surface area contributed by atoms with E-state index in [-0.39, 0.29) is 15.7 Å². The van der Waals surface area contributed by atoms with Gasteiger partial charge >= 0.3 is 0 Å². The van der Waals surface area contributed by atoms with Crippen LogP contribution in [0.25, 0.3) is 0 Å². The zero-order chi connectivity index (χ0) is 7.40. The molecule has 82 valence electrons. The van der Waals surface area contributed by atoms with Gasteiger partial charge in [-0.1, -0.05) is 13.3 Å². The highest BCUT2D eigenvalue weighted by Gasteiger charge is 2.05. The minimum atomic E-state index is 0. The first-order valence-corrected chi connectivity index (χ1v) is 3.95. The smallest absolute Gasteiger partial charge is 0.0890 e. The molecule has 5 heteroatoms. The molecule has 4 N–H and O–H groups in total. The van der Waals surface area contributed by atoms with E-state index in [9.17, 15) is 0 Å². The van der Waals surface area contributed by atoms with Gasteiger partial charge in [0.05, 0.1) is 6.67 Å². The summed E-state index contributed by atoms with van der Waals surface area (Å²) in [7, 11) is 2.10. The van der Waals surface area contributed by atoms with Gasteiger partial charge in [0.15, 0.2) is 0 Å². The molecule has 1 aliphatic heterocycles. The van der Waals surface area contributed by atoms with Crippen LogP contribution in [0.5, 0.6) is 0 Å². The van der Waals surface area contributed by atoms with Crippen molar-refractivity contribution in [3.05, 3.63) is 12.4 Å². The van der Waals surface area contributed by atoms with Gasteiger partial charge in [-0.25, -0.2) is 0 Å². The topological polar surface area (TPSA) is 69.5 Å². The molecule has 1 heterocycles. The molecule has 13 heavy (non-hydrogen) atoms. The Hall–Kier alpha value is -0.810. The number of nitrogens with zero attached hydrogens (tertiary/aromatic N) is 2. The second kappa shape index (κ2) is 9.28. The van der Waals surface area contributed by atoms with Crippen LogP contribution < -0.4 is 0 Å². The van der Waals surface area contributed by atoms with Crippen molar-refractivity contribution in [2.75, 3.05) is 20.3 Å². The first kappa shape index (κ1) is 18.1. The van der Waals surface area contributed by atoms with Gasteiger partial charge < -0.3 is 20.8 Å². The molecule has 0 fully saturated rings. The van der Waals surface area contributed by atoms with Crippen LogP contribution in [-0.2, 0) is 0 Å². The van der Waals surface area contributed by atoms with Crippen molar-refractivity contribution < 1.29 is 15.7 Å². The molecular formula is C8H21FN2O2. The Kier molecular flexibility index (Phi) is 12.9. The Balaban J connectivity index is -0.000000333. The molecule has 0 aliphatic carbocycles. The molecule has 0 saturated carbocycles. The molecule has 0 amide bonds. The maximum Gasteiger partial charge on any atom is 0.0890 e. The fraction of sp³-hybridized carbons (Fsp3) is 0.750. The molecule has 1 aliphatic rings. The van der Waals surface area contributed by atoms with Crippen LogP contribution in [0.1, 0.15) is 19.8 Å². The van der Waals surface area contributed by atoms with E-state index < -0.39 is 0 Å². The van der Waals surface area contributed by atoms with E-state index >= 15 is 0 Å². The predicted molar refractivity (Wildman–Crippen MR) is 53.1 cm³/mol. The molecule has 1 rings (SSSR count). The van der Waals surface area contributed by atoms with E-state index in [0.717, 1.165) is 6.67 Å². The van der Waals surface area contributed by atoms with E-state index in [1.165, 1.54) is 19.4 Å². The second-order valence-corrected chi connectivity index (χ2v) is 2.86. The molecule has 0 radical (unpaired) electrons. The largest absolute Gasteiger partial charge is 0.412 e. The molecular weight excluding hydrogens is 175 g/mol. The maximum absolute atomic E-state index is 2.34. The Bertz CT molecular complexity index is 133. The monoisotopic (exact) mass is 196 g/mol. The highest BCUT2D eigenvalue weighted by atomic mass is 19.0. The van der Waals surface area contributed by atoms with Crippen molar-refractivity contribution >= 4 is 0 Å². The van der Waals surface area contributed by atoms with Crippen LogP contribution in [0, 0.1) is 0 Å². The van der Waals surface area contributed by atoms with Crippen LogP contribution in [0.3, 0.4) is 0 Å². The lowest BCUT2D eigenvalue weighted by Gasteiger charge is -2.17. The van der Waals surface area contributed by atoms with E-state index in [1.807, 2.05) is 0 Å². The van der Waals surface area contributed by atoms with Gasteiger partial charge in [0.1, 0.15) is 0 Å². The molecule has 0 atom stereocenters. The molecule has 0 saturated heterocycles. The summed E-state index contributed by atoms with van der Waals surface area (Å²) in [5.41, 5.74) is 0. The molecule has 0 aromatic carbocycles.